The Labute approximate surface area is 192 Å². The van der Waals surface area contributed by atoms with Gasteiger partial charge in [0.15, 0.2) is 15.0 Å². The lowest BCUT2D eigenvalue weighted by molar-refractivity contribution is 0.0376. The average molecular weight is 474 g/mol. The van der Waals surface area contributed by atoms with Gasteiger partial charge >= 0.3 is 0 Å². The molecule has 0 spiro atoms. The van der Waals surface area contributed by atoms with Crippen LogP contribution in [-0.4, -0.2) is 69.9 Å². The molecular formula is C23H27N3O4S2. The summed E-state index contributed by atoms with van der Waals surface area (Å²) in [5.74, 6) is -0.343. The predicted molar refractivity (Wildman–Crippen MR) is 127 cm³/mol. The standard InChI is InChI=1S/C23H27N3O4S2/c1-17-7-5-9-19-21(17)24-23(31-19)26(12-6-11-25-13-15-30-16-14-25)22(27)18-8-3-4-10-20(18)32(2,28)29/h3-5,7-10H,6,11-16H2,1-2H3. The van der Waals surface area contributed by atoms with E-state index in [-0.39, 0.29) is 16.4 Å². The third kappa shape index (κ3) is 5.01. The van der Waals surface area contributed by atoms with Crippen molar-refractivity contribution in [3.63, 3.8) is 0 Å². The van der Waals surface area contributed by atoms with Crippen LogP contribution in [0.3, 0.4) is 0 Å². The van der Waals surface area contributed by atoms with Gasteiger partial charge in [-0.25, -0.2) is 13.4 Å². The second-order valence-corrected chi connectivity index (χ2v) is 10.9. The number of benzene rings is 2. The molecule has 0 unspecified atom stereocenters. The molecule has 9 heteroatoms. The number of rotatable bonds is 7. The number of nitrogens with zero attached hydrogens (tertiary/aromatic N) is 3. The van der Waals surface area contributed by atoms with E-state index in [0.717, 1.165) is 61.3 Å². The van der Waals surface area contributed by atoms with Gasteiger partial charge in [-0.2, -0.15) is 0 Å². The Hall–Kier alpha value is -2.33. The lowest BCUT2D eigenvalue weighted by Gasteiger charge is -2.28. The molecule has 1 amide bonds. The molecule has 4 rings (SSSR count). The Kier molecular flexibility index (Phi) is 6.90. The molecule has 170 valence electrons. The van der Waals surface area contributed by atoms with Gasteiger partial charge in [0.1, 0.15) is 0 Å². The molecule has 7 nitrogen and oxygen atoms in total. The molecule has 0 saturated carbocycles. The molecule has 32 heavy (non-hydrogen) atoms. The van der Waals surface area contributed by atoms with E-state index in [1.807, 2.05) is 25.1 Å². The van der Waals surface area contributed by atoms with E-state index in [0.29, 0.717) is 11.7 Å². The molecule has 1 saturated heterocycles. The largest absolute Gasteiger partial charge is 0.379 e. The highest BCUT2D eigenvalue weighted by Crippen LogP contribution is 2.32. The van der Waals surface area contributed by atoms with E-state index < -0.39 is 9.84 Å². The molecule has 1 aliphatic rings. The quantitative estimate of drug-likeness (QED) is 0.523. The van der Waals surface area contributed by atoms with E-state index in [2.05, 4.69) is 4.90 Å². The molecule has 0 radical (unpaired) electrons. The number of morpholine rings is 1. The Balaban J connectivity index is 1.66. The Bertz CT molecular complexity index is 1220. The summed E-state index contributed by atoms with van der Waals surface area (Å²) in [5.41, 5.74) is 2.09. The molecule has 2 aromatic carbocycles. The van der Waals surface area contributed by atoms with Gasteiger partial charge < -0.3 is 4.74 Å². The van der Waals surface area contributed by atoms with E-state index in [1.165, 1.54) is 17.4 Å². The van der Waals surface area contributed by atoms with Crippen molar-refractivity contribution in [1.29, 1.82) is 0 Å². The average Bonchev–Trinajstić information content (AvgIpc) is 3.22. The number of para-hydroxylation sites is 1. The van der Waals surface area contributed by atoms with Crippen LogP contribution in [0.1, 0.15) is 22.3 Å². The van der Waals surface area contributed by atoms with Gasteiger partial charge in [0, 0.05) is 32.4 Å². The third-order valence-electron chi connectivity index (χ3n) is 5.56. The van der Waals surface area contributed by atoms with Crippen molar-refractivity contribution in [3.05, 3.63) is 53.6 Å². The number of fused-ring (bicyclic) bond motifs is 1. The van der Waals surface area contributed by atoms with Crippen LogP contribution in [0.25, 0.3) is 10.2 Å². The number of hydrogen-bond acceptors (Lipinski definition) is 7. The highest BCUT2D eigenvalue weighted by atomic mass is 32.2. The third-order valence-corrected chi connectivity index (χ3v) is 7.76. The van der Waals surface area contributed by atoms with Crippen molar-refractivity contribution < 1.29 is 17.9 Å². The molecule has 0 N–H and O–H groups in total. The lowest BCUT2D eigenvalue weighted by atomic mass is 10.2. The van der Waals surface area contributed by atoms with Crippen LogP contribution in [0.2, 0.25) is 0 Å². The minimum absolute atomic E-state index is 0.0421. The SMILES string of the molecule is Cc1cccc2sc(N(CCCN3CCOCC3)C(=O)c3ccccc3S(C)(=O)=O)nc12. The van der Waals surface area contributed by atoms with Gasteiger partial charge in [0.25, 0.3) is 5.91 Å². The fourth-order valence-corrected chi connectivity index (χ4v) is 5.81. The van der Waals surface area contributed by atoms with Crippen molar-refractivity contribution in [2.24, 2.45) is 0 Å². The van der Waals surface area contributed by atoms with Crippen molar-refractivity contribution in [2.45, 2.75) is 18.2 Å². The zero-order valence-electron chi connectivity index (χ0n) is 18.3. The maximum absolute atomic E-state index is 13.7. The first-order chi connectivity index (χ1) is 15.3. The van der Waals surface area contributed by atoms with Crippen molar-refractivity contribution in [1.82, 2.24) is 9.88 Å². The van der Waals surface area contributed by atoms with Crippen LogP contribution in [0.4, 0.5) is 5.13 Å². The first kappa shape index (κ1) is 22.8. The zero-order chi connectivity index (χ0) is 22.7. The fraction of sp³-hybridized carbons (Fsp3) is 0.391. The maximum atomic E-state index is 13.7. The van der Waals surface area contributed by atoms with E-state index in [9.17, 15) is 13.2 Å². The van der Waals surface area contributed by atoms with Crippen LogP contribution in [0.5, 0.6) is 0 Å². The van der Waals surface area contributed by atoms with Crippen LogP contribution in [-0.2, 0) is 14.6 Å². The second kappa shape index (κ2) is 9.66. The van der Waals surface area contributed by atoms with E-state index in [4.69, 9.17) is 9.72 Å². The minimum atomic E-state index is -3.55. The lowest BCUT2D eigenvalue weighted by Crippen LogP contribution is -2.39. The van der Waals surface area contributed by atoms with Gasteiger partial charge in [0.05, 0.1) is 33.9 Å². The molecule has 1 aliphatic heterocycles. The Morgan fingerprint density at radius 3 is 2.62 bits per heavy atom. The summed E-state index contributed by atoms with van der Waals surface area (Å²) < 4.78 is 31.1. The smallest absolute Gasteiger partial charge is 0.261 e. The first-order valence-corrected chi connectivity index (χ1v) is 13.3. The first-order valence-electron chi connectivity index (χ1n) is 10.6. The number of aromatic nitrogens is 1. The van der Waals surface area contributed by atoms with Crippen molar-refractivity contribution >= 4 is 42.4 Å². The maximum Gasteiger partial charge on any atom is 0.261 e. The summed E-state index contributed by atoms with van der Waals surface area (Å²) in [5, 5.41) is 0.588. The fourth-order valence-electron chi connectivity index (χ4n) is 3.86. The highest BCUT2D eigenvalue weighted by Gasteiger charge is 2.26. The van der Waals surface area contributed by atoms with Crippen LogP contribution < -0.4 is 4.90 Å². The number of amides is 1. The number of sulfone groups is 1. The van der Waals surface area contributed by atoms with Crippen molar-refractivity contribution in [2.75, 3.05) is 50.5 Å². The summed E-state index contributed by atoms with van der Waals surface area (Å²) in [6.45, 7) is 6.49. The van der Waals surface area contributed by atoms with Gasteiger partial charge in [-0.1, -0.05) is 35.6 Å². The topological polar surface area (TPSA) is 79.8 Å². The molecule has 3 aromatic rings. The summed E-state index contributed by atoms with van der Waals surface area (Å²) in [7, 11) is -3.55. The monoisotopic (exact) mass is 473 g/mol. The molecule has 0 aliphatic carbocycles. The number of aryl methyl sites for hydroxylation is 1. The molecule has 1 aromatic heterocycles. The van der Waals surface area contributed by atoms with Crippen LogP contribution in [0.15, 0.2) is 47.4 Å². The summed E-state index contributed by atoms with van der Waals surface area (Å²) in [4.78, 5) is 22.4. The van der Waals surface area contributed by atoms with Crippen molar-refractivity contribution in [3.8, 4) is 0 Å². The van der Waals surface area contributed by atoms with E-state index >= 15 is 0 Å². The molecule has 1 fully saturated rings. The minimum Gasteiger partial charge on any atom is -0.379 e. The molecule has 0 atom stereocenters. The normalized spacial score (nSPS) is 15.2. The number of thiazole rings is 1. The van der Waals surface area contributed by atoms with Crippen LogP contribution >= 0.6 is 11.3 Å². The molecule has 0 bridgehead atoms. The Morgan fingerprint density at radius 2 is 1.91 bits per heavy atom. The summed E-state index contributed by atoms with van der Waals surface area (Å²) in [6.07, 6.45) is 1.88. The van der Waals surface area contributed by atoms with Crippen LogP contribution in [0, 0.1) is 6.92 Å². The summed E-state index contributed by atoms with van der Waals surface area (Å²) in [6, 6.07) is 12.3. The number of ether oxygens (including phenoxy) is 1. The van der Waals surface area contributed by atoms with Gasteiger partial charge in [-0.05, 0) is 37.1 Å². The summed E-state index contributed by atoms with van der Waals surface area (Å²) >= 11 is 1.45. The number of anilines is 1. The van der Waals surface area contributed by atoms with Gasteiger partial charge in [-0.15, -0.1) is 0 Å². The van der Waals surface area contributed by atoms with Gasteiger partial charge in [0.2, 0.25) is 0 Å². The number of hydrogen-bond donors (Lipinski definition) is 0. The molecule has 2 heterocycles. The number of carbonyl (C=O) groups excluding carboxylic acids is 1. The highest BCUT2D eigenvalue weighted by molar-refractivity contribution is 7.90. The predicted octanol–water partition coefficient (Wildman–Crippen LogP) is 3.38. The number of carbonyl (C=O) groups is 1. The second-order valence-electron chi connectivity index (χ2n) is 7.95. The zero-order valence-corrected chi connectivity index (χ0v) is 19.9. The Morgan fingerprint density at radius 1 is 1.16 bits per heavy atom. The van der Waals surface area contributed by atoms with Gasteiger partial charge in [-0.3, -0.25) is 14.6 Å². The molecular weight excluding hydrogens is 446 g/mol. The van der Waals surface area contributed by atoms with E-state index in [1.54, 1.807) is 23.1 Å².